The standard InChI is InChI=1S/C17H28N8O/c1-4-5-6-24-7-8-25-15(11-24)9-14(22-25)10-18-17(26)21-13(2)16-19-12-20-23(16)3/h9,12-13H,4-8,10-11H2,1-3H3,(H2,18,21,26)/t13-/m0/s1. The SMILES string of the molecule is CCCCN1CCn2nc(CNC(=O)N[C@@H](C)c3ncnn3C)cc2C1. The predicted octanol–water partition coefficient (Wildman–Crippen LogP) is 1.19. The lowest BCUT2D eigenvalue weighted by Crippen LogP contribution is -2.37. The number of urea groups is 1. The van der Waals surface area contributed by atoms with Crippen molar-refractivity contribution in [3.05, 3.63) is 29.6 Å². The van der Waals surface area contributed by atoms with Crippen LogP contribution in [0.5, 0.6) is 0 Å². The average molecular weight is 360 g/mol. The van der Waals surface area contributed by atoms with Crippen molar-refractivity contribution in [2.24, 2.45) is 7.05 Å². The maximum atomic E-state index is 12.1. The fourth-order valence-electron chi connectivity index (χ4n) is 3.22. The molecule has 9 heteroatoms. The van der Waals surface area contributed by atoms with Crippen LogP contribution in [-0.2, 0) is 26.7 Å². The third-order valence-corrected chi connectivity index (χ3v) is 4.67. The monoisotopic (exact) mass is 360 g/mol. The number of amides is 2. The van der Waals surface area contributed by atoms with Crippen LogP contribution in [0, 0.1) is 0 Å². The summed E-state index contributed by atoms with van der Waals surface area (Å²) >= 11 is 0. The lowest BCUT2D eigenvalue weighted by atomic mass is 10.2. The van der Waals surface area contributed by atoms with Crippen LogP contribution >= 0.6 is 0 Å². The second-order valence-electron chi connectivity index (χ2n) is 6.77. The molecule has 0 unspecified atom stereocenters. The van der Waals surface area contributed by atoms with Gasteiger partial charge in [0, 0.05) is 20.1 Å². The number of unbranched alkanes of at least 4 members (excludes halogenated alkanes) is 1. The molecule has 1 aliphatic heterocycles. The number of nitrogens with one attached hydrogen (secondary N) is 2. The first-order valence-electron chi connectivity index (χ1n) is 9.23. The molecule has 2 aromatic rings. The van der Waals surface area contributed by atoms with Crippen molar-refractivity contribution >= 4 is 6.03 Å². The van der Waals surface area contributed by atoms with Gasteiger partial charge in [-0.3, -0.25) is 14.3 Å². The number of nitrogens with zero attached hydrogens (tertiary/aromatic N) is 6. The Morgan fingerprint density at radius 3 is 2.96 bits per heavy atom. The van der Waals surface area contributed by atoms with Gasteiger partial charge in [-0.05, 0) is 26.0 Å². The zero-order chi connectivity index (χ0) is 18.5. The van der Waals surface area contributed by atoms with Gasteiger partial charge in [-0.25, -0.2) is 9.78 Å². The average Bonchev–Trinajstić information content (AvgIpc) is 3.23. The molecule has 142 valence electrons. The Morgan fingerprint density at radius 1 is 1.38 bits per heavy atom. The van der Waals surface area contributed by atoms with Gasteiger partial charge >= 0.3 is 6.03 Å². The molecule has 0 aliphatic carbocycles. The number of carbonyl (C=O) groups is 1. The molecule has 2 amide bonds. The molecule has 0 aromatic carbocycles. The summed E-state index contributed by atoms with van der Waals surface area (Å²) in [7, 11) is 1.80. The highest BCUT2D eigenvalue weighted by atomic mass is 16.2. The Bertz CT molecular complexity index is 737. The normalized spacial score (nSPS) is 15.5. The molecular weight excluding hydrogens is 332 g/mol. The van der Waals surface area contributed by atoms with Crippen LogP contribution < -0.4 is 10.6 Å². The lowest BCUT2D eigenvalue weighted by molar-refractivity contribution is 0.210. The first-order valence-corrected chi connectivity index (χ1v) is 9.23. The van der Waals surface area contributed by atoms with Gasteiger partial charge in [0.2, 0.25) is 0 Å². The van der Waals surface area contributed by atoms with Gasteiger partial charge in [-0.15, -0.1) is 0 Å². The van der Waals surface area contributed by atoms with E-state index in [0.29, 0.717) is 12.4 Å². The molecule has 3 rings (SSSR count). The quantitative estimate of drug-likeness (QED) is 0.774. The Morgan fingerprint density at radius 2 is 2.23 bits per heavy atom. The van der Waals surface area contributed by atoms with E-state index in [1.165, 1.54) is 24.9 Å². The summed E-state index contributed by atoms with van der Waals surface area (Å²) in [6.07, 6.45) is 3.92. The van der Waals surface area contributed by atoms with Gasteiger partial charge in [0.05, 0.1) is 30.5 Å². The van der Waals surface area contributed by atoms with Crippen molar-refractivity contribution in [1.29, 1.82) is 0 Å². The van der Waals surface area contributed by atoms with Crippen LogP contribution in [0.2, 0.25) is 0 Å². The third-order valence-electron chi connectivity index (χ3n) is 4.67. The van der Waals surface area contributed by atoms with Gasteiger partial charge in [0.25, 0.3) is 0 Å². The van der Waals surface area contributed by atoms with E-state index in [-0.39, 0.29) is 12.1 Å². The Labute approximate surface area is 153 Å². The molecule has 26 heavy (non-hydrogen) atoms. The minimum absolute atomic E-state index is 0.218. The number of aryl methyl sites for hydroxylation is 1. The number of fused-ring (bicyclic) bond motifs is 1. The molecule has 9 nitrogen and oxygen atoms in total. The Hall–Kier alpha value is -2.42. The zero-order valence-electron chi connectivity index (χ0n) is 15.8. The molecular formula is C17H28N8O. The van der Waals surface area contributed by atoms with Crippen molar-refractivity contribution in [3.8, 4) is 0 Å². The summed E-state index contributed by atoms with van der Waals surface area (Å²) in [6, 6.07) is 1.63. The summed E-state index contributed by atoms with van der Waals surface area (Å²) < 4.78 is 3.71. The molecule has 2 N–H and O–H groups in total. The maximum Gasteiger partial charge on any atom is 0.315 e. The molecule has 1 aliphatic rings. The summed E-state index contributed by atoms with van der Waals surface area (Å²) in [5.74, 6) is 0.713. The zero-order valence-corrected chi connectivity index (χ0v) is 15.8. The predicted molar refractivity (Wildman–Crippen MR) is 97.2 cm³/mol. The Balaban J connectivity index is 1.49. The van der Waals surface area contributed by atoms with Crippen LogP contribution in [0.1, 0.15) is 49.9 Å². The molecule has 0 saturated carbocycles. The molecule has 0 bridgehead atoms. The molecule has 3 heterocycles. The summed E-state index contributed by atoms with van der Waals surface area (Å²) in [6.45, 7) is 8.52. The van der Waals surface area contributed by atoms with E-state index >= 15 is 0 Å². The number of carbonyl (C=O) groups excluding carboxylic acids is 1. The first-order chi connectivity index (χ1) is 12.6. The topological polar surface area (TPSA) is 92.9 Å². The van der Waals surface area contributed by atoms with Crippen molar-refractivity contribution in [2.75, 3.05) is 13.1 Å². The van der Waals surface area contributed by atoms with Crippen LogP contribution in [0.25, 0.3) is 0 Å². The summed E-state index contributed by atoms with van der Waals surface area (Å²) in [5.41, 5.74) is 2.11. The van der Waals surface area contributed by atoms with Gasteiger partial charge in [0.1, 0.15) is 12.2 Å². The fraction of sp³-hybridized carbons (Fsp3) is 0.647. The van der Waals surface area contributed by atoms with Crippen molar-refractivity contribution < 1.29 is 4.79 Å². The number of hydrogen-bond donors (Lipinski definition) is 2. The molecule has 0 saturated heterocycles. The second kappa shape index (κ2) is 8.31. The second-order valence-corrected chi connectivity index (χ2v) is 6.77. The summed E-state index contributed by atoms with van der Waals surface area (Å²) in [4.78, 5) is 18.7. The third kappa shape index (κ3) is 4.40. The van der Waals surface area contributed by atoms with Gasteiger partial charge in [0.15, 0.2) is 0 Å². The highest BCUT2D eigenvalue weighted by Crippen LogP contribution is 2.14. The number of rotatable bonds is 7. The van der Waals surface area contributed by atoms with Gasteiger partial charge < -0.3 is 10.6 Å². The summed E-state index contributed by atoms with van der Waals surface area (Å²) in [5, 5.41) is 14.4. The molecule has 0 spiro atoms. The highest BCUT2D eigenvalue weighted by Gasteiger charge is 2.18. The smallest absolute Gasteiger partial charge is 0.315 e. The lowest BCUT2D eigenvalue weighted by Gasteiger charge is -2.27. The van der Waals surface area contributed by atoms with Crippen molar-refractivity contribution in [1.82, 2.24) is 40.1 Å². The largest absolute Gasteiger partial charge is 0.332 e. The van der Waals surface area contributed by atoms with Gasteiger partial charge in [-0.2, -0.15) is 10.2 Å². The van der Waals surface area contributed by atoms with E-state index in [4.69, 9.17) is 0 Å². The van der Waals surface area contributed by atoms with E-state index < -0.39 is 0 Å². The minimum atomic E-state index is -0.240. The molecule has 2 aromatic heterocycles. The number of hydrogen-bond acceptors (Lipinski definition) is 5. The van der Waals surface area contributed by atoms with E-state index in [9.17, 15) is 4.79 Å². The molecule has 1 atom stereocenters. The van der Waals surface area contributed by atoms with Crippen molar-refractivity contribution in [2.45, 2.75) is 52.4 Å². The van der Waals surface area contributed by atoms with Crippen LogP contribution in [0.4, 0.5) is 4.79 Å². The van der Waals surface area contributed by atoms with E-state index in [1.54, 1.807) is 11.7 Å². The number of aromatic nitrogens is 5. The molecule has 0 fully saturated rings. The van der Waals surface area contributed by atoms with E-state index in [2.05, 4.69) is 48.4 Å². The van der Waals surface area contributed by atoms with Gasteiger partial charge in [-0.1, -0.05) is 13.3 Å². The van der Waals surface area contributed by atoms with Crippen LogP contribution in [0.15, 0.2) is 12.4 Å². The minimum Gasteiger partial charge on any atom is -0.332 e. The Kier molecular flexibility index (Phi) is 5.87. The molecule has 0 radical (unpaired) electrons. The van der Waals surface area contributed by atoms with Crippen LogP contribution in [-0.4, -0.2) is 48.6 Å². The maximum absolute atomic E-state index is 12.1. The van der Waals surface area contributed by atoms with E-state index in [0.717, 1.165) is 31.9 Å². The fourth-order valence-corrected chi connectivity index (χ4v) is 3.22. The highest BCUT2D eigenvalue weighted by molar-refractivity contribution is 5.74. The van der Waals surface area contributed by atoms with Crippen LogP contribution in [0.3, 0.4) is 0 Å². The van der Waals surface area contributed by atoms with Crippen molar-refractivity contribution in [3.63, 3.8) is 0 Å². The first kappa shape index (κ1) is 18.4. The van der Waals surface area contributed by atoms with E-state index in [1.807, 2.05) is 6.92 Å².